The Labute approximate surface area is 304 Å². The van der Waals surface area contributed by atoms with Gasteiger partial charge in [0, 0.05) is 32.1 Å². The lowest BCUT2D eigenvalue weighted by atomic mass is 9.77. The van der Waals surface area contributed by atoms with Crippen molar-refractivity contribution in [1.82, 2.24) is 28.9 Å². The van der Waals surface area contributed by atoms with E-state index >= 15 is 0 Å². The summed E-state index contributed by atoms with van der Waals surface area (Å²) < 4.78 is 26.0. The van der Waals surface area contributed by atoms with Crippen molar-refractivity contribution in [2.24, 2.45) is 11.8 Å². The summed E-state index contributed by atoms with van der Waals surface area (Å²) >= 11 is 0. The Bertz CT molecular complexity index is 1770. The maximum atomic E-state index is 6.83. The number of rotatable bonds is 16. The Morgan fingerprint density at radius 1 is 0.765 bits per heavy atom. The van der Waals surface area contributed by atoms with Crippen LogP contribution in [0, 0.1) is 11.8 Å². The highest BCUT2D eigenvalue weighted by Crippen LogP contribution is 2.48. The summed E-state index contributed by atoms with van der Waals surface area (Å²) in [7, 11) is 0.812. The molecule has 1 aliphatic rings. The predicted molar refractivity (Wildman–Crippen MR) is 206 cm³/mol. The van der Waals surface area contributed by atoms with E-state index in [-0.39, 0.29) is 24.2 Å². The van der Waals surface area contributed by atoms with Crippen molar-refractivity contribution >= 4 is 25.4 Å². The Morgan fingerprint density at radius 3 is 1.88 bits per heavy atom. The number of hydrogen-bond donors (Lipinski definition) is 1. The van der Waals surface area contributed by atoms with E-state index in [0.717, 1.165) is 54.3 Å². The number of ether oxygens (including phenoxy) is 2. The standard InChI is InChI=1S/C40H52N7O3P/c1-8-45(9-2)51(46(10-3)11-4)49-26-35-29(5)30(6)39(50-35)47-28-43-36-37(41-27-42-38(36)47)44-40(31-18-14-12-15-19-31,32-20-16-13-17-21-32)33-22-24-34(48-7)25-23-33/h12-25,27-30,35,39H,8-11,26H2,1-7H3,(H,41,42,44)/t29?,30?,35-,39-/m1/s1. The molecule has 10 nitrogen and oxygen atoms in total. The number of nitrogens with one attached hydrogen (secondary N) is 1. The van der Waals surface area contributed by atoms with Gasteiger partial charge < -0.3 is 19.3 Å². The minimum atomic E-state index is -0.872. The summed E-state index contributed by atoms with van der Waals surface area (Å²) in [5.41, 5.74) is 3.75. The van der Waals surface area contributed by atoms with Crippen LogP contribution in [0.2, 0.25) is 0 Å². The van der Waals surface area contributed by atoms with Crippen LogP contribution >= 0.6 is 8.45 Å². The summed E-state index contributed by atoms with van der Waals surface area (Å²) in [4.78, 5) is 14.5. The second kappa shape index (κ2) is 16.6. The third-order valence-electron chi connectivity index (χ3n) is 10.4. The van der Waals surface area contributed by atoms with Crippen molar-refractivity contribution in [1.29, 1.82) is 0 Å². The molecule has 11 heteroatoms. The van der Waals surface area contributed by atoms with Gasteiger partial charge in [0.15, 0.2) is 25.4 Å². The molecule has 3 aromatic carbocycles. The van der Waals surface area contributed by atoms with E-state index < -0.39 is 14.0 Å². The predicted octanol–water partition coefficient (Wildman–Crippen LogP) is 8.34. The van der Waals surface area contributed by atoms with Crippen LogP contribution in [0.4, 0.5) is 5.82 Å². The van der Waals surface area contributed by atoms with Gasteiger partial charge in [-0.25, -0.2) is 24.3 Å². The van der Waals surface area contributed by atoms with Gasteiger partial charge in [-0.3, -0.25) is 4.57 Å². The van der Waals surface area contributed by atoms with Crippen LogP contribution < -0.4 is 10.1 Å². The van der Waals surface area contributed by atoms with E-state index in [2.05, 4.69) is 121 Å². The number of hydrogen-bond acceptors (Lipinski definition) is 9. The van der Waals surface area contributed by atoms with E-state index in [1.54, 1.807) is 13.4 Å². The highest BCUT2D eigenvalue weighted by molar-refractivity contribution is 7.47. The first-order valence-electron chi connectivity index (χ1n) is 18.2. The molecule has 2 aromatic heterocycles. The molecular formula is C40H52N7O3P. The SMILES string of the molecule is CCN(CC)P(OC[C@H]1O[C@@H](n2cnc3c(NC(c4ccccc4)(c4ccccc4)c4ccc(OC)cc4)ncnc32)C(C)C1C)N(CC)CC. The van der Waals surface area contributed by atoms with Gasteiger partial charge in [0.05, 0.1) is 26.1 Å². The Balaban J connectivity index is 1.35. The van der Waals surface area contributed by atoms with Crippen molar-refractivity contribution in [2.45, 2.75) is 59.4 Å². The Hall–Kier alpha value is -3.92. The summed E-state index contributed by atoms with van der Waals surface area (Å²) in [6.45, 7) is 17.7. The highest BCUT2D eigenvalue weighted by atomic mass is 31.2. The number of benzene rings is 3. The molecule has 1 N–H and O–H groups in total. The van der Waals surface area contributed by atoms with E-state index in [0.29, 0.717) is 17.9 Å². The lowest BCUT2D eigenvalue weighted by Gasteiger charge is -2.37. The zero-order valence-electron chi connectivity index (χ0n) is 30.9. The first kappa shape index (κ1) is 36.9. The fraction of sp³-hybridized carbons (Fsp3) is 0.425. The molecule has 1 fully saturated rings. The maximum absolute atomic E-state index is 6.83. The van der Waals surface area contributed by atoms with Crippen LogP contribution in [0.3, 0.4) is 0 Å². The number of fused-ring (bicyclic) bond motifs is 1. The molecule has 6 rings (SSSR count). The molecule has 3 heterocycles. The molecule has 5 aromatic rings. The summed E-state index contributed by atoms with van der Waals surface area (Å²) in [5, 5.41) is 3.89. The lowest BCUT2D eigenvalue weighted by molar-refractivity contribution is -0.0296. The van der Waals surface area contributed by atoms with Crippen molar-refractivity contribution in [3.63, 3.8) is 0 Å². The minimum Gasteiger partial charge on any atom is -0.497 e. The average molecular weight is 710 g/mol. The van der Waals surface area contributed by atoms with Crippen molar-refractivity contribution in [3.05, 3.63) is 114 Å². The average Bonchev–Trinajstić information content (AvgIpc) is 3.74. The van der Waals surface area contributed by atoms with Crippen molar-refractivity contribution in [2.75, 3.05) is 45.2 Å². The summed E-state index contributed by atoms with van der Waals surface area (Å²) in [5.74, 6) is 1.90. The Kier molecular flexibility index (Phi) is 12.0. The van der Waals surface area contributed by atoms with Crippen LogP contribution in [-0.2, 0) is 14.8 Å². The van der Waals surface area contributed by atoms with Gasteiger partial charge in [0.2, 0.25) is 0 Å². The van der Waals surface area contributed by atoms with Crippen LogP contribution in [0.15, 0.2) is 97.6 Å². The van der Waals surface area contributed by atoms with Gasteiger partial charge >= 0.3 is 0 Å². The van der Waals surface area contributed by atoms with Gasteiger partial charge in [0.1, 0.15) is 23.8 Å². The van der Waals surface area contributed by atoms with E-state index in [1.807, 2.05) is 30.6 Å². The number of aromatic nitrogens is 4. The second-order valence-corrected chi connectivity index (χ2v) is 14.9. The van der Waals surface area contributed by atoms with Gasteiger partial charge in [-0.1, -0.05) is 114 Å². The second-order valence-electron chi connectivity index (χ2n) is 13.0. The molecule has 0 spiro atoms. The van der Waals surface area contributed by atoms with Crippen LogP contribution in [-0.4, -0.2) is 74.9 Å². The van der Waals surface area contributed by atoms with Crippen molar-refractivity contribution in [3.8, 4) is 5.75 Å². The molecule has 1 saturated heterocycles. The molecule has 0 bridgehead atoms. The van der Waals surface area contributed by atoms with E-state index in [9.17, 15) is 0 Å². The van der Waals surface area contributed by atoms with Gasteiger partial charge in [-0.05, 0) is 34.7 Å². The molecule has 270 valence electrons. The normalized spacial score (nSPS) is 19.4. The van der Waals surface area contributed by atoms with Gasteiger partial charge in [-0.15, -0.1) is 0 Å². The third-order valence-corrected chi connectivity index (χ3v) is 12.8. The van der Waals surface area contributed by atoms with E-state index in [1.165, 1.54) is 0 Å². The number of methoxy groups -OCH3 is 1. The lowest BCUT2D eigenvalue weighted by Crippen LogP contribution is -2.38. The fourth-order valence-electron chi connectivity index (χ4n) is 7.19. The van der Waals surface area contributed by atoms with Crippen LogP contribution in [0.5, 0.6) is 5.75 Å². The number of imidazole rings is 1. The third kappa shape index (κ3) is 7.26. The summed E-state index contributed by atoms with van der Waals surface area (Å²) in [6.07, 6.45) is 3.16. The first-order chi connectivity index (χ1) is 24.9. The summed E-state index contributed by atoms with van der Waals surface area (Å²) in [6, 6.07) is 29.1. The van der Waals surface area contributed by atoms with Gasteiger partial charge in [-0.2, -0.15) is 0 Å². The highest BCUT2D eigenvalue weighted by Gasteiger charge is 2.42. The first-order valence-corrected chi connectivity index (χ1v) is 19.4. The zero-order chi connectivity index (χ0) is 36.0. The fourth-order valence-corrected chi connectivity index (χ4v) is 9.12. The molecule has 0 aliphatic carbocycles. The quantitative estimate of drug-likeness (QED) is 0.0803. The largest absolute Gasteiger partial charge is 0.497 e. The van der Waals surface area contributed by atoms with E-state index in [4.69, 9.17) is 28.9 Å². The monoisotopic (exact) mass is 709 g/mol. The molecular weight excluding hydrogens is 657 g/mol. The number of anilines is 1. The molecule has 0 radical (unpaired) electrons. The molecule has 0 amide bonds. The molecule has 2 unspecified atom stereocenters. The smallest absolute Gasteiger partial charge is 0.187 e. The van der Waals surface area contributed by atoms with Crippen molar-refractivity contribution < 1.29 is 14.0 Å². The minimum absolute atomic E-state index is 0.0584. The number of nitrogens with zero attached hydrogens (tertiary/aromatic N) is 6. The van der Waals surface area contributed by atoms with Gasteiger partial charge in [0.25, 0.3) is 0 Å². The topological polar surface area (TPSA) is 89.8 Å². The molecule has 1 aliphatic heterocycles. The maximum Gasteiger partial charge on any atom is 0.187 e. The zero-order valence-corrected chi connectivity index (χ0v) is 31.8. The molecule has 0 saturated carbocycles. The molecule has 51 heavy (non-hydrogen) atoms. The van der Waals surface area contributed by atoms with Crippen LogP contribution in [0.25, 0.3) is 11.2 Å². The Morgan fingerprint density at radius 2 is 1.33 bits per heavy atom. The van der Waals surface area contributed by atoms with Crippen LogP contribution in [0.1, 0.15) is 64.5 Å². The molecule has 4 atom stereocenters.